The van der Waals surface area contributed by atoms with Crippen molar-refractivity contribution in [3.05, 3.63) is 69.2 Å². The number of nitrogens with zero attached hydrogens (tertiary/aromatic N) is 3. The van der Waals surface area contributed by atoms with Gasteiger partial charge < -0.3 is 5.73 Å². The molecule has 1 atom stereocenters. The largest absolute Gasteiger partial charge is 0.416 e. The highest BCUT2D eigenvalue weighted by Crippen LogP contribution is 2.36. The number of carbonyl (C=O) groups excluding carboxylic acids is 2. The molecule has 2 heterocycles. The second-order valence-corrected chi connectivity index (χ2v) is 11.2. The first-order valence-corrected chi connectivity index (χ1v) is 13.6. The van der Waals surface area contributed by atoms with Gasteiger partial charge in [-0.2, -0.15) is 18.3 Å². The molecule has 2 N–H and O–H groups in total. The molecule has 2 aromatic carbocycles. The molecular weight excluding hydrogens is 537 g/mol. The van der Waals surface area contributed by atoms with E-state index in [0.717, 1.165) is 43.5 Å². The van der Waals surface area contributed by atoms with Gasteiger partial charge in [0, 0.05) is 23.0 Å². The maximum absolute atomic E-state index is 13.5. The van der Waals surface area contributed by atoms with Crippen LogP contribution in [0.2, 0.25) is 5.02 Å². The molecule has 1 saturated carbocycles. The molecule has 38 heavy (non-hydrogen) atoms. The molecule has 5 rings (SSSR count). The SMILES string of the molecule is NC(CN1C(=O)SC(=Cc2ccc3c(cnn3Cc3ccc(Cl)cc3C(F)(F)F)c2)C1=O)C1CCCCC1. The number of aromatic nitrogens is 2. The topological polar surface area (TPSA) is 81.2 Å². The smallest absolute Gasteiger partial charge is 0.326 e. The van der Waals surface area contributed by atoms with Crippen LogP contribution in [0, 0.1) is 5.92 Å². The van der Waals surface area contributed by atoms with Crippen molar-refractivity contribution >= 4 is 51.5 Å². The molecule has 2 amide bonds. The van der Waals surface area contributed by atoms with E-state index >= 15 is 0 Å². The van der Waals surface area contributed by atoms with Crippen molar-refractivity contribution in [1.29, 1.82) is 0 Å². The zero-order valence-corrected chi connectivity index (χ0v) is 22.0. The second kappa shape index (κ2) is 10.7. The van der Waals surface area contributed by atoms with Crippen LogP contribution in [0.1, 0.15) is 48.8 Å². The van der Waals surface area contributed by atoms with Crippen molar-refractivity contribution in [3.8, 4) is 0 Å². The lowest BCUT2D eigenvalue weighted by Gasteiger charge is -2.29. The van der Waals surface area contributed by atoms with Gasteiger partial charge in [0.1, 0.15) is 0 Å². The van der Waals surface area contributed by atoms with Gasteiger partial charge in [0.05, 0.1) is 28.7 Å². The Balaban J connectivity index is 1.33. The molecule has 200 valence electrons. The Labute approximate surface area is 227 Å². The van der Waals surface area contributed by atoms with Gasteiger partial charge in [0.25, 0.3) is 11.1 Å². The average molecular weight is 563 g/mol. The first kappa shape index (κ1) is 26.8. The Morgan fingerprint density at radius 2 is 1.89 bits per heavy atom. The fourth-order valence-electron chi connectivity index (χ4n) is 5.16. The number of benzene rings is 2. The summed E-state index contributed by atoms with van der Waals surface area (Å²) in [7, 11) is 0. The summed E-state index contributed by atoms with van der Waals surface area (Å²) in [5.74, 6) is -0.0362. The summed E-state index contributed by atoms with van der Waals surface area (Å²) in [6.07, 6.45) is 4.17. The Bertz CT molecular complexity index is 1420. The highest BCUT2D eigenvalue weighted by molar-refractivity contribution is 8.18. The van der Waals surface area contributed by atoms with Crippen LogP contribution in [0.3, 0.4) is 0 Å². The molecule has 0 bridgehead atoms. The summed E-state index contributed by atoms with van der Waals surface area (Å²) in [6, 6.07) is 8.72. The highest BCUT2D eigenvalue weighted by Gasteiger charge is 2.37. The van der Waals surface area contributed by atoms with Crippen molar-refractivity contribution in [2.45, 2.75) is 50.9 Å². The molecule has 3 aromatic rings. The Morgan fingerprint density at radius 1 is 1.13 bits per heavy atom. The molecule has 1 saturated heterocycles. The predicted octanol–water partition coefficient (Wildman–Crippen LogP) is 6.70. The van der Waals surface area contributed by atoms with Gasteiger partial charge in [0.15, 0.2) is 0 Å². The summed E-state index contributed by atoms with van der Waals surface area (Å²) in [5, 5.41) is 4.65. The molecule has 1 unspecified atom stereocenters. The summed E-state index contributed by atoms with van der Waals surface area (Å²) in [5.41, 5.74) is 6.93. The molecular formula is C27H26ClF3N4O2S. The lowest BCUT2D eigenvalue weighted by atomic mass is 9.84. The van der Waals surface area contributed by atoms with E-state index in [4.69, 9.17) is 17.3 Å². The first-order valence-electron chi connectivity index (χ1n) is 12.4. The summed E-state index contributed by atoms with van der Waals surface area (Å²) < 4.78 is 42.0. The van der Waals surface area contributed by atoms with Crippen molar-refractivity contribution in [2.24, 2.45) is 11.7 Å². The van der Waals surface area contributed by atoms with Crippen LogP contribution in [0.15, 0.2) is 47.5 Å². The van der Waals surface area contributed by atoms with Crippen LogP contribution in [-0.2, 0) is 17.5 Å². The molecule has 0 radical (unpaired) electrons. The van der Waals surface area contributed by atoms with E-state index < -0.39 is 11.7 Å². The van der Waals surface area contributed by atoms with E-state index in [2.05, 4.69) is 5.10 Å². The minimum atomic E-state index is -4.54. The van der Waals surface area contributed by atoms with E-state index in [0.29, 0.717) is 27.3 Å². The monoisotopic (exact) mass is 562 g/mol. The van der Waals surface area contributed by atoms with Crippen molar-refractivity contribution in [3.63, 3.8) is 0 Å². The quantitative estimate of drug-likeness (QED) is 0.338. The Morgan fingerprint density at radius 3 is 2.63 bits per heavy atom. The molecule has 2 fully saturated rings. The van der Waals surface area contributed by atoms with Gasteiger partial charge in [-0.25, -0.2) is 0 Å². The zero-order valence-electron chi connectivity index (χ0n) is 20.4. The number of carbonyl (C=O) groups is 2. The van der Waals surface area contributed by atoms with Crippen LogP contribution in [0.25, 0.3) is 17.0 Å². The number of hydrogen-bond donors (Lipinski definition) is 1. The average Bonchev–Trinajstić information content (AvgIpc) is 3.40. The lowest BCUT2D eigenvalue weighted by Crippen LogP contribution is -2.44. The summed E-state index contributed by atoms with van der Waals surface area (Å²) in [4.78, 5) is 27.1. The third-order valence-corrected chi connectivity index (χ3v) is 8.33. The van der Waals surface area contributed by atoms with Gasteiger partial charge in [-0.3, -0.25) is 19.2 Å². The third kappa shape index (κ3) is 5.62. The Kier molecular flexibility index (Phi) is 7.57. The minimum Gasteiger partial charge on any atom is -0.326 e. The number of amides is 2. The van der Waals surface area contributed by atoms with E-state index in [1.807, 2.05) is 0 Å². The highest BCUT2D eigenvalue weighted by atomic mass is 35.5. The van der Waals surface area contributed by atoms with Gasteiger partial charge in [-0.1, -0.05) is 43.0 Å². The zero-order chi connectivity index (χ0) is 27.0. The number of nitrogens with two attached hydrogens (primary N) is 1. The van der Waals surface area contributed by atoms with Crippen molar-refractivity contribution in [2.75, 3.05) is 6.54 Å². The second-order valence-electron chi connectivity index (χ2n) is 9.77. The number of rotatable bonds is 6. The first-order chi connectivity index (χ1) is 18.1. The fraction of sp³-hybridized carbons (Fsp3) is 0.370. The number of fused-ring (bicyclic) bond motifs is 1. The molecule has 11 heteroatoms. The van der Waals surface area contributed by atoms with Crippen LogP contribution in [0.5, 0.6) is 0 Å². The minimum absolute atomic E-state index is 0.0106. The normalized spacial score (nSPS) is 19.2. The third-order valence-electron chi connectivity index (χ3n) is 7.18. The molecule has 2 aliphatic rings. The van der Waals surface area contributed by atoms with Gasteiger partial charge in [-0.15, -0.1) is 0 Å². The van der Waals surface area contributed by atoms with Crippen molar-refractivity contribution in [1.82, 2.24) is 14.7 Å². The Hall–Kier alpha value is -2.82. The fourth-order valence-corrected chi connectivity index (χ4v) is 6.18. The van der Waals surface area contributed by atoms with Crippen LogP contribution in [-0.4, -0.2) is 38.4 Å². The number of thioether (sulfide) groups is 1. The maximum atomic E-state index is 13.5. The number of hydrogen-bond acceptors (Lipinski definition) is 5. The van der Waals surface area contributed by atoms with Gasteiger partial charge in [-0.05, 0) is 72.0 Å². The van der Waals surface area contributed by atoms with Crippen molar-refractivity contribution < 1.29 is 22.8 Å². The van der Waals surface area contributed by atoms with E-state index in [9.17, 15) is 22.8 Å². The molecule has 6 nitrogen and oxygen atoms in total. The van der Waals surface area contributed by atoms with Crippen LogP contribution < -0.4 is 5.73 Å². The standard InChI is InChI=1S/C27H26ClF3N4O2S/c28-20-8-7-18(21(12-20)27(29,30)31)14-35-23-9-6-16(10-19(23)13-33-35)11-24-25(36)34(26(37)38-24)15-22(32)17-4-2-1-3-5-17/h6-13,17,22H,1-5,14-15,32H2. The number of alkyl halides is 3. The maximum Gasteiger partial charge on any atom is 0.416 e. The predicted molar refractivity (Wildman–Crippen MR) is 143 cm³/mol. The molecule has 0 spiro atoms. The van der Waals surface area contributed by atoms with Crippen LogP contribution in [0.4, 0.5) is 18.0 Å². The van der Waals surface area contributed by atoms with E-state index in [-0.39, 0.29) is 40.9 Å². The molecule has 1 aromatic heterocycles. The van der Waals surface area contributed by atoms with Gasteiger partial charge >= 0.3 is 6.18 Å². The molecule has 1 aliphatic heterocycles. The van der Waals surface area contributed by atoms with Gasteiger partial charge in [0.2, 0.25) is 0 Å². The summed E-state index contributed by atoms with van der Waals surface area (Å²) >= 11 is 6.68. The molecule has 1 aliphatic carbocycles. The lowest BCUT2D eigenvalue weighted by molar-refractivity contribution is -0.138. The van der Waals surface area contributed by atoms with Crippen LogP contribution >= 0.6 is 23.4 Å². The van der Waals surface area contributed by atoms with E-state index in [1.165, 1.54) is 28.1 Å². The number of halogens is 4. The number of imide groups is 1. The summed E-state index contributed by atoms with van der Waals surface area (Å²) in [6.45, 7) is 0.123. The van der Waals surface area contributed by atoms with E-state index in [1.54, 1.807) is 30.5 Å².